The molecule has 2 aromatic rings. The van der Waals surface area contributed by atoms with Gasteiger partial charge in [0.15, 0.2) is 0 Å². The third kappa shape index (κ3) is 3.66. The van der Waals surface area contributed by atoms with Crippen LogP contribution in [0, 0.1) is 5.92 Å². The summed E-state index contributed by atoms with van der Waals surface area (Å²) in [6.07, 6.45) is 0.737. The third-order valence-electron chi connectivity index (χ3n) is 4.97. The number of rotatable bonds is 3. The highest BCUT2D eigenvalue weighted by Gasteiger charge is 2.30. The lowest BCUT2D eigenvalue weighted by Crippen LogP contribution is -2.30. The van der Waals surface area contributed by atoms with E-state index in [-0.39, 0.29) is 30.2 Å². The molecule has 2 aliphatic heterocycles. The van der Waals surface area contributed by atoms with Gasteiger partial charge in [0.25, 0.3) is 0 Å². The molecule has 1 fully saturated rings. The summed E-state index contributed by atoms with van der Waals surface area (Å²) in [6, 6.07) is 12.8. The molecule has 0 saturated carbocycles. The Morgan fingerprint density at radius 2 is 1.93 bits per heavy atom. The van der Waals surface area contributed by atoms with Gasteiger partial charge >= 0.3 is 6.03 Å². The van der Waals surface area contributed by atoms with Crippen molar-refractivity contribution in [3.8, 4) is 0 Å². The quantitative estimate of drug-likeness (QED) is 0.799. The summed E-state index contributed by atoms with van der Waals surface area (Å²) < 4.78 is 0. The summed E-state index contributed by atoms with van der Waals surface area (Å²) in [5.74, 6) is -0.754. The number of halogens is 1. The summed E-state index contributed by atoms with van der Waals surface area (Å²) in [5, 5.41) is 5.88. The molecular weight excluding hydrogens is 366 g/mol. The molecule has 0 radical (unpaired) electrons. The van der Waals surface area contributed by atoms with E-state index in [4.69, 9.17) is 11.6 Å². The van der Waals surface area contributed by atoms with Crippen LogP contribution in [-0.4, -0.2) is 22.7 Å². The summed E-state index contributed by atoms with van der Waals surface area (Å²) in [4.78, 5) is 37.2. The Bertz CT molecular complexity index is 927. The van der Waals surface area contributed by atoms with Crippen LogP contribution in [0.2, 0.25) is 5.02 Å². The van der Waals surface area contributed by atoms with Crippen molar-refractivity contribution in [1.82, 2.24) is 10.2 Å². The van der Waals surface area contributed by atoms with E-state index in [1.165, 1.54) is 0 Å². The minimum Gasteiger partial charge on any atom is -0.316 e. The Morgan fingerprint density at radius 3 is 2.59 bits per heavy atom. The first-order valence-corrected chi connectivity index (χ1v) is 9.12. The van der Waals surface area contributed by atoms with Crippen molar-refractivity contribution < 1.29 is 14.4 Å². The first kappa shape index (κ1) is 17.5. The second-order valence-corrected chi connectivity index (χ2v) is 7.29. The predicted molar refractivity (Wildman–Crippen MR) is 101 cm³/mol. The monoisotopic (exact) mass is 383 g/mol. The molecule has 2 aliphatic rings. The Morgan fingerprint density at radius 1 is 1.15 bits per heavy atom. The number of carbonyl (C=O) groups excluding carboxylic acids is 3. The number of benzene rings is 2. The van der Waals surface area contributed by atoms with Gasteiger partial charge in [-0.1, -0.05) is 35.9 Å². The van der Waals surface area contributed by atoms with Gasteiger partial charge in [0.2, 0.25) is 11.8 Å². The molecular formula is C20H18ClN3O3. The van der Waals surface area contributed by atoms with Crippen LogP contribution in [0.5, 0.6) is 0 Å². The fourth-order valence-corrected chi connectivity index (χ4v) is 3.76. The van der Waals surface area contributed by atoms with Gasteiger partial charge < -0.3 is 10.2 Å². The summed E-state index contributed by atoms with van der Waals surface area (Å²) in [6.45, 7) is 1.02. The number of fused-ring (bicyclic) bond motifs is 1. The zero-order chi connectivity index (χ0) is 19.0. The first-order chi connectivity index (χ1) is 13.0. The SMILES string of the molecule is O=C1CC(Cc2ccc(NC(=O)N3Cc4cccc(Cl)c4C3)cc2)C(=O)N1. The van der Waals surface area contributed by atoms with Crippen LogP contribution < -0.4 is 10.6 Å². The minimum absolute atomic E-state index is 0.184. The molecule has 0 aliphatic carbocycles. The molecule has 2 aromatic carbocycles. The number of anilines is 1. The number of amides is 4. The molecule has 0 bridgehead atoms. The molecule has 1 saturated heterocycles. The van der Waals surface area contributed by atoms with Crippen molar-refractivity contribution in [3.63, 3.8) is 0 Å². The van der Waals surface area contributed by atoms with E-state index in [1.54, 1.807) is 17.0 Å². The second-order valence-electron chi connectivity index (χ2n) is 6.88. The van der Waals surface area contributed by atoms with E-state index in [9.17, 15) is 14.4 Å². The first-order valence-electron chi connectivity index (χ1n) is 8.74. The highest BCUT2D eigenvalue weighted by Crippen LogP contribution is 2.29. The topological polar surface area (TPSA) is 78.5 Å². The predicted octanol–water partition coefficient (Wildman–Crippen LogP) is 3.09. The van der Waals surface area contributed by atoms with E-state index in [1.807, 2.05) is 30.3 Å². The van der Waals surface area contributed by atoms with Crippen molar-refractivity contribution >= 4 is 35.1 Å². The van der Waals surface area contributed by atoms with Crippen molar-refractivity contribution in [3.05, 3.63) is 64.2 Å². The molecule has 2 N–H and O–H groups in total. The number of nitrogens with one attached hydrogen (secondary N) is 2. The molecule has 1 unspecified atom stereocenters. The van der Waals surface area contributed by atoms with Crippen LogP contribution in [0.25, 0.3) is 0 Å². The number of carbonyl (C=O) groups is 3. The molecule has 4 amide bonds. The van der Waals surface area contributed by atoms with Gasteiger partial charge in [0.1, 0.15) is 0 Å². The van der Waals surface area contributed by atoms with Crippen LogP contribution in [0.3, 0.4) is 0 Å². The number of hydrogen-bond acceptors (Lipinski definition) is 3. The van der Waals surface area contributed by atoms with Crippen LogP contribution in [0.15, 0.2) is 42.5 Å². The maximum Gasteiger partial charge on any atom is 0.322 e. The smallest absolute Gasteiger partial charge is 0.316 e. The van der Waals surface area contributed by atoms with Gasteiger partial charge in [-0.25, -0.2) is 4.79 Å². The van der Waals surface area contributed by atoms with Crippen LogP contribution in [-0.2, 0) is 29.1 Å². The number of imide groups is 1. The molecule has 138 valence electrons. The average Bonchev–Trinajstić information content (AvgIpc) is 3.21. The average molecular weight is 384 g/mol. The largest absolute Gasteiger partial charge is 0.322 e. The lowest BCUT2D eigenvalue weighted by molar-refractivity contribution is -0.125. The van der Waals surface area contributed by atoms with Crippen LogP contribution in [0.1, 0.15) is 23.1 Å². The lowest BCUT2D eigenvalue weighted by Gasteiger charge is -2.16. The van der Waals surface area contributed by atoms with E-state index in [2.05, 4.69) is 10.6 Å². The fourth-order valence-electron chi connectivity index (χ4n) is 3.51. The zero-order valence-electron chi connectivity index (χ0n) is 14.5. The van der Waals surface area contributed by atoms with Gasteiger partial charge in [-0.15, -0.1) is 0 Å². The van der Waals surface area contributed by atoms with Gasteiger partial charge in [-0.05, 0) is 41.3 Å². The number of hydrogen-bond donors (Lipinski definition) is 2. The van der Waals surface area contributed by atoms with E-state index < -0.39 is 0 Å². The van der Waals surface area contributed by atoms with Crippen molar-refractivity contribution in [2.24, 2.45) is 5.92 Å². The molecule has 1 atom stereocenters. The zero-order valence-corrected chi connectivity index (χ0v) is 15.3. The van der Waals surface area contributed by atoms with Crippen molar-refractivity contribution in [2.75, 3.05) is 5.32 Å². The number of nitrogens with zero attached hydrogens (tertiary/aromatic N) is 1. The summed E-state index contributed by atoms with van der Waals surface area (Å²) >= 11 is 6.20. The Labute approximate surface area is 161 Å². The Hall–Kier alpha value is -2.86. The van der Waals surface area contributed by atoms with Gasteiger partial charge in [-0.2, -0.15) is 0 Å². The van der Waals surface area contributed by atoms with Crippen molar-refractivity contribution in [1.29, 1.82) is 0 Å². The number of urea groups is 1. The lowest BCUT2D eigenvalue weighted by atomic mass is 9.98. The van der Waals surface area contributed by atoms with E-state index >= 15 is 0 Å². The van der Waals surface area contributed by atoms with Gasteiger partial charge in [0.05, 0.1) is 5.92 Å². The highest BCUT2D eigenvalue weighted by atomic mass is 35.5. The highest BCUT2D eigenvalue weighted by molar-refractivity contribution is 6.31. The molecule has 0 aromatic heterocycles. The van der Waals surface area contributed by atoms with Crippen molar-refractivity contribution in [2.45, 2.75) is 25.9 Å². The Kier molecular flexibility index (Phi) is 4.58. The fraction of sp³-hybridized carbons (Fsp3) is 0.250. The molecule has 0 spiro atoms. The van der Waals surface area contributed by atoms with Gasteiger partial charge in [0, 0.05) is 30.2 Å². The normalized spacial score (nSPS) is 18.4. The summed E-state index contributed by atoms with van der Waals surface area (Å²) in [7, 11) is 0. The molecule has 4 rings (SSSR count). The molecule has 7 heteroatoms. The van der Waals surface area contributed by atoms with E-state index in [0.29, 0.717) is 30.2 Å². The van der Waals surface area contributed by atoms with Gasteiger partial charge in [-0.3, -0.25) is 14.9 Å². The van der Waals surface area contributed by atoms with Crippen LogP contribution >= 0.6 is 11.6 Å². The maximum atomic E-state index is 12.5. The standard InChI is InChI=1S/C20H18ClN3O3/c21-17-3-1-2-13-10-24(11-16(13)17)20(27)22-15-6-4-12(5-7-15)8-14-9-18(25)23-19(14)26/h1-7,14H,8-11H2,(H,22,27)(H,23,25,26). The van der Waals surface area contributed by atoms with E-state index in [0.717, 1.165) is 16.7 Å². The summed E-state index contributed by atoms with van der Waals surface area (Å²) in [5.41, 5.74) is 3.69. The minimum atomic E-state index is -0.314. The third-order valence-corrected chi connectivity index (χ3v) is 5.32. The molecule has 27 heavy (non-hydrogen) atoms. The second kappa shape index (κ2) is 7.04. The van der Waals surface area contributed by atoms with Crippen LogP contribution in [0.4, 0.5) is 10.5 Å². The molecule has 6 nitrogen and oxygen atoms in total. The maximum absolute atomic E-state index is 12.5. The molecule has 2 heterocycles. The Balaban J connectivity index is 1.36.